The number of ketones is 1. The van der Waals surface area contributed by atoms with E-state index < -0.39 is 0 Å². The zero-order chi connectivity index (χ0) is 29.3. The van der Waals surface area contributed by atoms with Crippen molar-refractivity contribution in [1.29, 1.82) is 0 Å². The molecule has 3 aromatic rings. The number of aromatic amines is 1. The number of piperidine rings is 1. The van der Waals surface area contributed by atoms with Gasteiger partial charge in [0.05, 0.1) is 36.0 Å². The number of hydrogen-bond acceptors (Lipinski definition) is 9. The summed E-state index contributed by atoms with van der Waals surface area (Å²) >= 11 is 6.47. The molecule has 12 nitrogen and oxygen atoms in total. The fourth-order valence-corrected chi connectivity index (χ4v) is 5.38. The number of rotatable bonds is 8. The Morgan fingerprint density at radius 1 is 1.24 bits per heavy atom. The number of hydrogen-bond donors (Lipinski definition) is 3. The molecule has 4 N–H and O–H groups in total. The Balaban J connectivity index is 1.36. The first kappa shape index (κ1) is 28.2. The van der Waals surface area contributed by atoms with E-state index in [1.54, 1.807) is 31.6 Å². The van der Waals surface area contributed by atoms with Crippen molar-refractivity contribution in [2.75, 3.05) is 43.9 Å². The number of aryl methyl sites for hydroxylation is 1. The average molecular weight is 579 g/mol. The van der Waals surface area contributed by atoms with Crippen LogP contribution in [0.3, 0.4) is 0 Å². The van der Waals surface area contributed by atoms with Gasteiger partial charge in [0.1, 0.15) is 16.7 Å². The summed E-state index contributed by atoms with van der Waals surface area (Å²) in [5, 5.41) is 2.95. The van der Waals surface area contributed by atoms with Crippen LogP contribution in [0.4, 0.5) is 11.8 Å². The molecule has 0 spiro atoms. The van der Waals surface area contributed by atoms with Crippen molar-refractivity contribution in [2.45, 2.75) is 33.2 Å². The molecule has 0 aromatic carbocycles. The van der Waals surface area contributed by atoms with Gasteiger partial charge in [-0.25, -0.2) is 4.98 Å². The van der Waals surface area contributed by atoms with Crippen LogP contribution in [-0.2, 0) is 16.1 Å². The van der Waals surface area contributed by atoms with Gasteiger partial charge in [-0.1, -0.05) is 11.6 Å². The number of fused-ring (bicyclic) bond motifs is 1. The summed E-state index contributed by atoms with van der Waals surface area (Å²) in [5.41, 5.74) is 9.76. The van der Waals surface area contributed by atoms with Crippen LogP contribution >= 0.6 is 11.6 Å². The minimum atomic E-state index is -0.358. The molecule has 3 aromatic heterocycles. The molecule has 0 unspecified atom stereocenters. The topological polar surface area (TPSA) is 159 Å². The monoisotopic (exact) mass is 578 g/mol. The third kappa shape index (κ3) is 5.79. The lowest BCUT2D eigenvalue weighted by atomic mass is 10.1. The molecule has 2 amide bonds. The smallest absolute Gasteiger partial charge is 0.260 e. The molecule has 0 bridgehead atoms. The standard InChI is InChI=1S/C28H31ClN8O4/c1-15-12-33-21(16(2)23(15)41-3)14-37-25-22(24(29)34-28(30)35-25)20(27(37)40)11-18-10-17(13-32-18)26(39)31-6-9-36-7-4-19(38)5-8-36/h10-13,32H,4-9,14H2,1-3H3,(H,31,39)(H2,30,34,35)/b20-11+. The van der Waals surface area contributed by atoms with Crippen molar-refractivity contribution in [3.63, 3.8) is 0 Å². The molecule has 0 radical (unpaired) electrons. The largest absolute Gasteiger partial charge is 0.496 e. The Hall–Kier alpha value is -4.29. The lowest BCUT2D eigenvalue weighted by Gasteiger charge is -2.25. The van der Waals surface area contributed by atoms with Gasteiger partial charge < -0.3 is 25.7 Å². The van der Waals surface area contributed by atoms with E-state index in [0.29, 0.717) is 67.3 Å². The lowest BCUT2D eigenvalue weighted by molar-refractivity contribution is -0.121. The van der Waals surface area contributed by atoms with Crippen LogP contribution in [0, 0.1) is 13.8 Å². The number of Topliss-reactive ketones (excluding diaryl/α,β-unsaturated/α-hetero) is 1. The van der Waals surface area contributed by atoms with E-state index in [0.717, 1.165) is 11.1 Å². The number of amides is 2. The van der Waals surface area contributed by atoms with Gasteiger partial charge in [0, 0.05) is 68.2 Å². The number of carbonyl (C=O) groups is 3. The zero-order valence-electron chi connectivity index (χ0n) is 23.1. The van der Waals surface area contributed by atoms with E-state index in [1.165, 1.54) is 4.90 Å². The van der Waals surface area contributed by atoms with Crippen LogP contribution in [0.2, 0.25) is 5.15 Å². The first-order valence-electron chi connectivity index (χ1n) is 13.2. The summed E-state index contributed by atoms with van der Waals surface area (Å²) < 4.78 is 5.52. The molecule has 0 saturated carbocycles. The predicted molar refractivity (Wildman–Crippen MR) is 155 cm³/mol. The maximum Gasteiger partial charge on any atom is 0.260 e. The van der Waals surface area contributed by atoms with E-state index >= 15 is 0 Å². The number of nitrogens with zero attached hydrogens (tertiary/aromatic N) is 5. The van der Waals surface area contributed by atoms with Gasteiger partial charge in [-0.2, -0.15) is 4.98 Å². The van der Waals surface area contributed by atoms with E-state index in [4.69, 9.17) is 22.1 Å². The Labute approximate surface area is 241 Å². The SMILES string of the molecule is COc1c(C)cnc(CN2C(=O)/C(=C/c3cc(C(=O)NCCN4CCC(=O)CC4)c[nH]3)c3c(Cl)nc(N)nc32)c1C. The first-order valence-corrected chi connectivity index (χ1v) is 13.6. The molecule has 41 heavy (non-hydrogen) atoms. The molecule has 214 valence electrons. The van der Waals surface area contributed by atoms with Gasteiger partial charge in [0.15, 0.2) is 5.82 Å². The number of pyridine rings is 1. The molecule has 0 aliphatic carbocycles. The van der Waals surface area contributed by atoms with Gasteiger partial charge in [0.2, 0.25) is 5.95 Å². The number of methoxy groups -OCH3 is 1. The summed E-state index contributed by atoms with van der Waals surface area (Å²) in [6.07, 6.45) is 6.00. The maximum absolute atomic E-state index is 13.7. The van der Waals surface area contributed by atoms with Gasteiger partial charge in [-0.15, -0.1) is 0 Å². The summed E-state index contributed by atoms with van der Waals surface area (Å²) in [4.78, 5) is 57.4. The predicted octanol–water partition coefficient (Wildman–Crippen LogP) is 2.54. The van der Waals surface area contributed by atoms with E-state index in [2.05, 4.69) is 30.2 Å². The highest BCUT2D eigenvalue weighted by atomic mass is 35.5. The highest BCUT2D eigenvalue weighted by Gasteiger charge is 2.37. The number of nitrogens with one attached hydrogen (secondary N) is 2. The van der Waals surface area contributed by atoms with Crippen LogP contribution in [0.25, 0.3) is 11.6 Å². The number of H-pyrrole nitrogens is 1. The third-order valence-corrected chi connectivity index (χ3v) is 7.59. The molecule has 5 heterocycles. The quantitative estimate of drug-likeness (QED) is 0.269. The summed E-state index contributed by atoms with van der Waals surface area (Å²) in [6.45, 7) is 6.46. The summed E-state index contributed by atoms with van der Waals surface area (Å²) in [7, 11) is 1.59. The van der Waals surface area contributed by atoms with Gasteiger partial charge in [-0.3, -0.25) is 24.3 Å². The Kier molecular flexibility index (Phi) is 8.04. The Morgan fingerprint density at radius 2 is 2.00 bits per heavy atom. The van der Waals surface area contributed by atoms with Crippen molar-refractivity contribution in [3.05, 3.63) is 57.3 Å². The highest BCUT2D eigenvalue weighted by Crippen LogP contribution is 2.41. The van der Waals surface area contributed by atoms with Crippen molar-refractivity contribution in [3.8, 4) is 5.75 Å². The van der Waals surface area contributed by atoms with E-state index in [-0.39, 0.29) is 46.6 Å². The number of likely N-dealkylation sites (tertiary alicyclic amines) is 1. The molecule has 0 atom stereocenters. The van der Waals surface area contributed by atoms with Crippen molar-refractivity contribution >= 4 is 52.6 Å². The second-order valence-electron chi connectivity index (χ2n) is 10.0. The van der Waals surface area contributed by atoms with Crippen LogP contribution in [0.5, 0.6) is 5.75 Å². The first-order chi connectivity index (χ1) is 19.7. The van der Waals surface area contributed by atoms with E-state index in [9.17, 15) is 14.4 Å². The van der Waals surface area contributed by atoms with Crippen molar-refractivity contribution < 1.29 is 19.1 Å². The molecule has 5 rings (SSSR count). The fourth-order valence-electron chi connectivity index (χ4n) is 5.11. The van der Waals surface area contributed by atoms with Crippen molar-refractivity contribution in [1.82, 2.24) is 30.2 Å². The molecular formula is C28H31ClN8O4. The van der Waals surface area contributed by atoms with Crippen LogP contribution in [0.1, 0.15) is 51.3 Å². The number of halogens is 1. The van der Waals surface area contributed by atoms with E-state index in [1.807, 2.05) is 13.8 Å². The van der Waals surface area contributed by atoms with Crippen LogP contribution in [-0.4, -0.2) is 75.7 Å². The summed E-state index contributed by atoms with van der Waals surface area (Å²) in [5.74, 6) is 0.591. The number of nitrogens with two attached hydrogens (primary N) is 1. The maximum atomic E-state index is 13.7. The van der Waals surface area contributed by atoms with Gasteiger partial charge in [0.25, 0.3) is 11.8 Å². The molecule has 2 aliphatic rings. The second kappa shape index (κ2) is 11.7. The van der Waals surface area contributed by atoms with Gasteiger partial charge >= 0.3 is 0 Å². The molecule has 2 aliphatic heterocycles. The Bertz CT molecular complexity index is 1560. The minimum absolute atomic E-state index is 0.0460. The Morgan fingerprint density at radius 3 is 2.73 bits per heavy atom. The number of ether oxygens (including phenoxy) is 1. The minimum Gasteiger partial charge on any atom is -0.496 e. The number of aromatic nitrogens is 4. The molecule has 1 fully saturated rings. The fraction of sp³-hybridized carbons (Fsp3) is 0.357. The molecule has 13 heteroatoms. The lowest BCUT2D eigenvalue weighted by Crippen LogP contribution is -2.39. The van der Waals surface area contributed by atoms with Crippen LogP contribution < -0.4 is 20.7 Å². The number of carbonyl (C=O) groups excluding carboxylic acids is 3. The average Bonchev–Trinajstić information content (AvgIpc) is 3.50. The molecule has 1 saturated heterocycles. The van der Waals surface area contributed by atoms with Crippen LogP contribution in [0.15, 0.2) is 18.5 Å². The second-order valence-corrected chi connectivity index (χ2v) is 10.4. The third-order valence-electron chi connectivity index (χ3n) is 7.32. The highest BCUT2D eigenvalue weighted by molar-refractivity contribution is 6.41. The van der Waals surface area contributed by atoms with Gasteiger partial charge in [-0.05, 0) is 26.0 Å². The molecular weight excluding hydrogens is 548 g/mol. The van der Waals surface area contributed by atoms with Crippen molar-refractivity contribution in [2.24, 2.45) is 0 Å². The normalized spacial score (nSPS) is 16.4. The number of nitrogen functional groups attached to an aromatic ring is 1. The summed E-state index contributed by atoms with van der Waals surface area (Å²) in [6, 6.07) is 1.65. The number of anilines is 2. The zero-order valence-corrected chi connectivity index (χ0v) is 23.8.